The molecule has 0 fully saturated rings. The molecule has 0 saturated carbocycles. The number of furan rings is 2. The van der Waals surface area contributed by atoms with Crippen molar-refractivity contribution >= 4 is 136 Å². The van der Waals surface area contributed by atoms with Crippen LogP contribution in [0, 0.1) is 0 Å². The summed E-state index contributed by atoms with van der Waals surface area (Å²) < 4.78 is 13.6. The van der Waals surface area contributed by atoms with E-state index in [-0.39, 0.29) is 0 Å². The summed E-state index contributed by atoms with van der Waals surface area (Å²) in [5.41, 5.74) is 15.9. The summed E-state index contributed by atoms with van der Waals surface area (Å²) in [5, 5.41) is 14.8. The minimum absolute atomic E-state index is 0.853. The summed E-state index contributed by atoms with van der Waals surface area (Å²) in [4.78, 5) is 4.92. The molecule has 72 heavy (non-hydrogen) atoms. The van der Waals surface area contributed by atoms with Crippen LogP contribution in [0.3, 0.4) is 0 Å². The van der Waals surface area contributed by atoms with Crippen molar-refractivity contribution in [1.29, 1.82) is 0 Å². The van der Waals surface area contributed by atoms with E-state index in [0.717, 1.165) is 88.2 Å². The lowest BCUT2D eigenvalue weighted by atomic mass is 10.0. The van der Waals surface area contributed by atoms with E-state index >= 15 is 0 Å². The fraction of sp³-hybridized carbons (Fsp3) is 0.0606. The molecular formula is C66H48N2O2Si2. The molecule has 0 saturated heterocycles. The Labute approximate surface area is 419 Å². The molecule has 2 aliphatic rings. The second-order valence-electron chi connectivity index (χ2n) is 20.9. The molecule has 0 bridgehead atoms. The van der Waals surface area contributed by atoms with Crippen LogP contribution in [-0.4, -0.2) is 16.1 Å². The van der Waals surface area contributed by atoms with Gasteiger partial charge in [-0.05, 0) is 162 Å². The van der Waals surface area contributed by atoms with Gasteiger partial charge in [0.15, 0.2) is 0 Å². The molecule has 4 nitrogen and oxygen atoms in total. The van der Waals surface area contributed by atoms with Crippen molar-refractivity contribution in [1.82, 2.24) is 0 Å². The van der Waals surface area contributed by atoms with Gasteiger partial charge in [-0.15, -0.1) is 0 Å². The highest BCUT2D eigenvalue weighted by Crippen LogP contribution is 2.45. The third-order valence-corrected chi connectivity index (χ3v) is 23.2. The average Bonchev–Trinajstić information content (AvgIpc) is 4.08. The minimum Gasteiger partial charge on any atom is -0.456 e. The Morgan fingerprint density at radius 3 is 1.11 bits per heavy atom. The zero-order valence-corrected chi connectivity index (χ0v) is 42.5. The lowest BCUT2D eigenvalue weighted by Crippen LogP contribution is -2.50. The Morgan fingerprint density at radius 2 is 0.667 bits per heavy atom. The van der Waals surface area contributed by atoms with E-state index < -0.39 is 16.1 Å². The molecule has 0 amide bonds. The van der Waals surface area contributed by atoms with Crippen molar-refractivity contribution in [3.63, 3.8) is 0 Å². The number of anilines is 6. The molecule has 6 heteroatoms. The largest absolute Gasteiger partial charge is 0.456 e. The second-order valence-corrected chi connectivity index (χ2v) is 29.5. The first-order chi connectivity index (χ1) is 35.2. The fourth-order valence-electron chi connectivity index (χ4n) is 12.8. The zero-order chi connectivity index (χ0) is 48.0. The molecule has 11 aromatic carbocycles. The molecule has 4 heterocycles. The zero-order valence-electron chi connectivity index (χ0n) is 40.5. The summed E-state index contributed by atoms with van der Waals surface area (Å²) >= 11 is 0. The topological polar surface area (TPSA) is 32.8 Å². The molecular weight excluding hydrogens is 909 g/mol. The first kappa shape index (κ1) is 41.4. The van der Waals surface area contributed by atoms with E-state index in [1.54, 1.807) is 0 Å². The minimum atomic E-state index is -2.02. The third kappa shape index (κ3) is 5.91. The fourth-order valence-corrected chi connectivity index (χ4v) is 19.6. The van der Waals surface area contributed by atoms with E-state index in [0.29, 0.717) is 0 Å². The predicted molar refractivity (Wildman–Crippen MR) is 310 cm³/mol. The van der Waals surface area contributed by atoms with Gasteiger partial charge in [-0.25, -0.2) is 0 Å². The smallest absolute Gasteiger partial charge is 0.136 e. The number of rotatable bonds is 6. The standard InChI is InChI=1S/C66H48N2O2Si2/c1-71(2)63-27-13-11-21-49(63)51-23-15-25-57(65(51)71)67(45-17-7-5-8-18-45)47-31-29-41-35-53-55-39-62-56(40-61(55)69-59(53)37-43(41)33-47)54-36-42-30-32-48(34-44(42)38-60(54)70-62)68(46-19-9-6-10-20-46)58-26-16-24-52-50-22-12-14-28-64(50)72(3,4)66(52)58/h5-40H,1-4H3. The Balaban J connectivity index is 0.828. The molecule has 0 radical (unpaired) electrons. The van der Waals surface area contributed by atoms with Gasteiger partial charge in [0.2, 0.25) is 0 Å². The quantitative estimate of drug-likeness (QED) is 0.156. The SMILES string of the molecule is C[Si]1(C)c2ccccc2-c2cccc(N(c3ccccc3)c3ccc4cc5c(cc4c3)oc3cc4c(cc35)oc3cc5cc(N(c6ccccc6)c6cccc7c6[Si](C)(C)c6ccccc6-7)ccc5cc34)c21. The average molecular weight is 957 g/mol. The second kappa shape index (κ2) is 15.0. The number of fused-ring (bicyclic) bond motifs is 14. The van der Waals surface area contributed by atoms with Crippen molar-refractivity contribution in [2.45, 2.75) is 26.2 Å². The van der Waals surface area contributed by atoms with Crippen LogP contribution in [0.2, 0.25) is 26.2 Å². The van der Waals surface area contributed by atoms with Crippen LogP contribution in [0.15, 0.2) is 227 Å². The molecule has 15 rings (SSSR count). The van der Waals surface area contributed by atoms with E-state index in [2.05, 4.69) is 254 Å². The molecule has 2 aliphatic heterocycles. The van der Waals surface area contributed by atoms with E-state index in [1.165, 1.54) is 54.4 Å². The molecule has 13 aromatic rings. The van der Waals surface area contributed by atoms with Crippen LogP contribution in [0.5, 0.6) is 0 Å². The van der Waals surface area contributed by atoms with Crippen molar-refractivity contribution in [3.8, 4) is 22.3 Å². The number of benzene rings is 11. The van der Waals surface area contributed by atoms with Crippen molar-refractivity contribution in [3.05, 3.63) is 218 Å². The van der Waals surface area contributed by atoms with Crippen molar-refractivity contribution < 1.29 is 8.83 Å². The summed E-state index contributed by atoms with van der Waals surface area (Å²) in [5.74, 6) is 0. The highest BCUT2D eigenvalue weighted by molar-refractivity contribution is 7.05. The molecule has 342 valence electrons. The first-order valence-corrected chi connectivity index (χ1v) is 31.1. The van der Waals surface area contributed by atoms with Crippen LogP contribution in [0.1, 0.15) is 0 Å². The molecule has 0 N–H and O–H groups in total. The van der Waals surface area contributed by atoms with E-state index in [9.17, 15) is 0 Å². The Hall–Kier alpha value is -8.43. The number of hydrogen-bond acceptors (Lipinski definition) is 4. The predicted octanol–water partition coefficient (Wildman–Crippen LogP) is 16.3. The summed E-state index contributed by atoms with van der Waals surface area (Å²) in [6, 6.07) is 80.5. The maximum Gasteiger partial charge on any atom is 0.136 e. The van der Waals surface area contributed by atoms with E-state index in [4.69, 9.17) is 8.83 Å². The van der Waals surface area contributed by atoms with Gasteiger partial charge in [-0.2, -0.15) is 0 Å². The number of hydrogen-bond donors (Lipinski definition) is 0. The monoisotopic (exact) mass is 956 g/mol. The highest BCUT2D eigenvalue weighted by Gasteiger charge is 2.42. The van der Waals surface area contributed by atoms with Crippen LogP contribution in [0.25, 0.3) is 87.7 Å². The van der Waals surface area contributed by atoms with Crippen molar-refractivity contribution in [2.24, 2.45) is 0 Å². The Kier molecular flexibility index (Phi) is 8.64. The third-order valence-electron chi connectivity index (χ3n) is 16.1. The molecule has 2 aromatic heterocycles. The van der Waals surface area contributed by atoms with Gasteiger partial charge in [0.25, 0.3) is 0 Å². The van der Waals surface area contributed by atoms with Gasteiger partial charge in [0, 0.05) is 55.7 Å². The maximum absolute atomic E-state index is 6.81. The Bertz CT molecular complexity index is 4130. The van der Waals surface area contributed by atoms with Gasteiger partial charge in [-0.3, -0.25) is 0 Å². The lowest BCUT2D eigenvalue weighted by molar-refractivity contribution is 0.664. The van der Waals surface area contributed by atoms with E-state index in [1.807, 2.05) is 0 Å². The number of para-hydroxylation sites is 2. The maximum atomic E-state index is 6.81. The van der Waals surface area contributed by atoms with Gasteiger partial charge >= 0.3 is 0 Å². The molecule has 0 aliphatic carbocycles. The van der Waals surface area contributed by atoms with Gasteiger partial charge in [0.1, 0.15) is 38.5 Å². The van der Waals surface area contributed by atoms with Crippen LogP contribution in [-0.2, 0) is 0 Å². The molecule has 0 unspecified atom stereocenters. The van der Waals surface area contributed by atoms with Gasteiger partial charge in [-0.1, -0.05) is 148 Å². The van der Waals surface area contributed by atoms with Gasteiger partial charge < -0.3 is 18.6 Å². The first-order valence-electron chi connectivity index (χ1n) is 25.1. The van der Waals surface area contributed by atoms with Gasteiger partial charge in [0.05, 0.1) is 0 Å². The Morgan fingerprint density at radius 1 is 0.292 bits per heavy atom. The summed E-state index contributed by atoms with van der Waals surface area (Å²) in [6.45, 7) is 9.99. The molecule has 0 atom stereocenters. The molecule has 0 spiro atoms. The van der Waals surface area contributed by atoms with Crippen LogP contribution in [0.4, 0.5) is 34.1 Å². The lowest BCUT2D eigenvalue weighted by Gasteiger charge is -2.31. The summed E-state index contributed by atoms with van der Waals surface area (Å²) in [6.07, 6.45) is 0. The van der Waals surface area contributed by atoms with Crippen LogP contribution >= 0.6 is 0 Å². The number of nitrogens with zero attached hydrogens (tertiary/aromatic N) is 2. The normalized spacial score (nSPS) is 14.1. The van der Waals surface area contributed by atoms with Crippen LogP contribution < -0.4 is 30.5 Å². The van der Waals surface area contributed by atoms with Crippen molar-refractivity contribution in [2.75, 3.05) is 9.80 Å². The summed E-state index contributed by atoms with van der Waals surface area (Å²) in [7, 11) is -4.04. The highest BCUT2D eigenvalue weighted by atomic mass is 28.3.